The Morgan fingerprint density at radius 1 is 0.877 bits per heavy atom. The number of rotatable bonds is 33. The molecule has 6 rings (SSSR count). The van der Waals surface area contributed by atoms with Crippen molar-refractivity contribution in [2.45, 2.75) is 159 Å². The van der Waals surface area contributed by atoms with Gasteiger partial charge in [0.2, 0.25) is 18.0 Å². The van der Waals surface area contributed by atoms with Crippen LogP contribution in [0.15, 0.2) is 65.9 Å². The van der Waals surface area contributed by atoms with E-state index in [2.05, 4.69) is 24.9 Å². The molecule has 7 atom stereocenters. The van der Waals surface area contributed by atoms with E-state index in [1.54, 1.807) is 37.5 Å². The molecule has 4 aliphatic rings. The van der Waals surface area contributed by atoms with Crippen molar-refractivity contribution in [3.05, 3.63) is 66.3 Å². The molecule has 4 N–H and O–H groups in total. The predicted octanol–water partition coefficient (Wildman–Crippen LogP) is 10.2. The van der Waals surface area contributed by atoms with Crippen LogP contribution in [-0.2, 0) is 23.8 Å². The molecular formula is C57H85N3O13. The molecule has 1 saturated carbocycles. The molecule has 73 heavy (non-hydrogen) atoms. The summed E-state index contributed by atoms with van der Waals surface area (Å²) in [5.74, 6) is -0.758. The molecule has 0 aromatic heterocycles. The van der Waals surface area contributed by atoms with Crippen LogP contribution in [0.1, 0.15) is 147 Å². The summed E-state index contributed by atoms with van der Waals surface area (Å²) in [6, 6.07) is 9.71. The molecule has 16 heteroatoms. The predicted molar refractivity (Wildman–Crippen MR) is 280 cm³/mol. The molecule has 1 unspecified atom stereocenters. The van der Waals surface area contributed by atoms with E-state index < -0.39 is 30.1 Å². The van der Waals surface area contributed by atoms with Crippen molar-refractivity contribution in [2.24, 2.45) is 22.9 Å². The van der Waals surface area contributed by atoms with Gasteiger partial charge in [-0.3, -0.25) is 10.1 Å². The van der Waals surface area contributed by atoms with E-state index in [0.29, 0.717) is 60.9 Å². The number of carbonyl (C=O) groups excluding carboxylic acids is 2. The number of aliphatic hydroxyl groups excluding tert-OH is 3. The largest absolute Gasteiger partial charge is 0.497 e. The van der Waals surface area contributed by atoms with E-state index in [4.69, 9.17) is 43.2 Å². The first-order chi connectivity index (χ1) is 35.7. The monoisotopic (exact) mass is 1020 g/mol. The standard InChI is InChI=1S/C57H85N3O13/c1-5-7-8-9-10-11-12-13-14-23-52(64)60(29-35-68-36-32-63)51-40-48(59-73-53-24-17-20-34-69-53)45-37-41(21-15-18-30-61)44(22-16-19-31-62)54-46-38-43(26-28-49(46)72-57(51,55(45)54)70-33-6-2)71-56(65)58-47-27-25-42(66-3)39-50(47)67-4/h6,25-28,37-39,41,44,51,53-55,61-63H,2,5,7-24,29-36,40H2,1,3-4H3,(H,58,65)/t41-,44+,51-,53?,54+,55+,57+/m0/s1. The highest BCUT2D eigenvalue weighted by Gasteiger charge is 2.65. The molecule has 2 fully saturated rings. The summed E-state index contributed by atoms with van der Waals surface area (Å²) in [6.45, 7) is 7.43. The molecule has 2 aliphatic carbocycles. The van der Waals surface area contributed by atoms with Gasteiger partial charge in [0.25, 0.3) is 0 Å². The first kappa shape index (κ1) is 57.6. The number of nitrogens with one attached hydrogen (secondary N) is 1. The molecule has 2 aromatic rings. The normalized spacial score (nSPS) is 23.6. The zero-order chi connectivity index (χ0) is 51.8. The lowest BCUT2D eigenvalue weighted by molar-refractivity contribution is -0.258. The molecule has 2 aliphatic heterocycles. The highest BCUT2D eigenvalue weighted by atomic mass is 16.8. The highest BCUT2D eigenvalue weighted by molar-refractivity contribution is 6.03. The second-order valence-electron chi connectivity index (χ2n) is 19.8. The van der Waals surface area contributed by atoms with E-state index in [0.717, 1.165) is 75.3 Å². The van der Waals surface area contributed by atoms with Gasteiger partial charge >= 0.3 is 6.09 Å². The van der Waals surface area contributed by atoms with Crippen LogP contribution in [0.5, 0.6) is 23.0 Å². The number of aliphatic hydroxyl groups is 3. The van der Waals surface area contributed by atoms with E-state index in [1.807, 2.05) is 17.0 Å². The number of ether oxygens (including phenoxy) is 7. The van der Waals surface area contributed by atoms with E-state index in [1.165, 1.54) is 39.2 Å². The number of allylic oxidation sites excluding steroid dienone is 1. The van der Waals surface area contributed by atoms with Crippen molar-refractivity contribution in [2.75, 3.05) is 72.3 Å². The number of fused-ring (bicyclic) bond motifs is 2. The number of amides is 2. The topological polar surface area (TPSA) is 196 Å². The molecular weight excluding hydrogens is 935 g/mol. The Labute approximate surface area is 433 Å². The Balaban J connectivity index is 1.47. The minimum atomic E-state index is -1.49. The quantitative estimate of drug-likeness (QED) is 0.0300. The number of oxime groups is 1. The number of hydrogen-bond acceptors (Lipinski definition) is 14. The second-order valence-corrected chi connectivity index (χ2v) is 19.8. The lowest BCUT2D eigenvalue weighted by Crippen LogP contribution is -2.70. The maximum absolute atomic E-state index is 15.1. The van der Waals surface area contributed by atoms with Gasteiger partial charge in [0.15, 0.2) is 0 Å². The molecule has 0 bridgehead atoms. The highest BCUT2D eigenvalue weighted by Crippen LogP contribution is 2.62. The Bertz CT molecular complexity index is 2080. The zero-order valence-corrected chi connectivity index (χ0v) is 43.9. The fraction of sp³-hybridized carbons (Fsp3) is 0.667. The Morgan fingerprint density at radius 2 is 1.63 bits per heavy atom. The summed E-state index contributed by atoms with van der Waals surface area (Å²) in [4.78, 5) is 37.0. The number of nitrogens with zero attached hydrogens (tertiary/aromatic N) is 2. The van der Waals surface area contributed by atoms with E-state index in [-0.39, 0.29) is 82.0 Å². The third-order valence-corrected chi connectivity index (χ3v) is 14.8. The number of benzene rings is 2. The molecule has 2 aromatic carbocycles. The summed E-state index contributed by atoms with van der Waals surface area (Å²) < 4.78 is 43.5. The first-order valence-electron chi connectivity index (χ1n) is 27.3. The van der Waals surface area contributed by atoms with Crippen molar-refractivity contribution in [1.29, 1.82) is 0 Å². The molecule has 0 radical (unpaired) electrons. The van der Waals surface area contributed by atoms with Gasteiger partial charge in [0, 0.05) is 56.6 Å². The van der Waals surface area contributed by atoms with Crippen LogP contribution in [0.2, 0.25) is 0 Å². The minimum absolute atomic E-state index is 0.0103. The van der Waals surface area contributed by atoms with Gasteiger partial charge in [-0.1, -0.05) is 88.4 Å². The van der Waals surface area contributed by atoms with E-state index >= 15 is 4.79 Å². The molecule has 406 valence electrons. The van der Waals surface area contributed by atoms with Crippen LogP contribution in [0.25, 0.3) is 0 Å². The fourth-order valence-electron chi connectivity index (χ4n) is 11.3. The third-order valence-electron chi connectivity index (χ3n) is 14.8. The molecule has 1 saturated heterocycles. The van der Waals surface area contributed by atoms with Crippen molar-refractivity contribution < 1.29 is 62.9 Å². The molecule has 16 nitrogen and oxygen atoms in total. The van der Waals surface area contributed by atoms with Crippen molar-refractivity contribution in [1.82, 2.24) is 4.90 Å². The van der Waals surface area contributed by atoms with Crippen LogP contribution < -0.4 is 24.3 Å². The molecule has 2 amide bonds. The van der Waals surface area contributed by atoms with Crippen molar-refractivity contribution in [3.63, 3.8) is 0 Å². The van der Waals surface area contributed by atoms with Crippen LogP contribution in [-0.4, -0.2) is 123 Å². The van der Waals surface area contributed by atoms with Gasteiger partial charge < -0.3 is 58.2 Å². The van der Waals surface area contributed by atoms with Gasteiger partial charge in [-0.15, -0.1) is 6.58 Å². The van der Waals surface area contributed by atoms with Gasteiger partial charge in [-0.25, -0.2) is 4.79 Å². The molecule has 0 spiro atoms. The third kappa shape index (κ3) is 15.7. The van der Waals surface area contributed by atoms with Crippen LogP contribution >= 0.6 is 0 Å². The van der Waals surface area contributed by atoms with Crippen molar-refractivity contribution in [3.8, 4) is 23.0 Å². The zero-order valence-electron chi connectivity index (χ0n) is 43.9. The number of hydrogen-bond donors (Lipinski definition) is 4. The Morgan fingerprint density at radius 3 is 2.33 bits per heavy atom. The number of carbonyl (C=O) groups is 2. The average Bonchev–Trinajstić information content (AvgIpc) is 3.40. The van der Waals surface area contributed by atoms with Gasteiger partial charge in [-0.2, -0.15) is 0 Å². The summed E-state index contributed by atoms with van der Waals surface area (Å²) >= 11 is 0. The van der Waals surface area contributed by atoms with Crippen LogP contribution in [0, 0.1) is 17.8 Å². The van der Waals surface area contributed by atoms with Crippen LogP contribution in [0.4, 0.5) is 10.5 Å². The Hall–Kier alpha value is -4.71. The smallest absolute Gasteiger partial charge is 0.417 e. The number of unbranched alkanes of at least 4 members (excludes halogenated alkanes) is 10. The molecule has 2 heterocycles. The second kappa shape index (κ2) is 30.6. The van der Waals surface area contributed by atoms with Crippen molar-refractivity contribution >= 4 is 23.4 Å². The Kier molecular flexibility index (Phi) is 24.1. The van der Waals surface area contributed by atoms with E-state index in [9.17, 15) is 20.1 Å². The lowest BCUT2D eigenvalue weighted by atomic mass is 9.55. The summed E-state index contributed by atoms with van der Waals surface area (Å²) in [5, 5.41) is 37.6. The number of anilines is 1. The number of methoxy groups -OCH3 is 2. The summed E-state index contributed by atoms with van der Waals surface area (Å²) in [5.41, 5.74) is 2.75. The van der Waals surface area contributed by atoms with Gasteiger partial charge in [-0.05, 0) is 92.7 Å². The SMILES string of the molecule is C=CCO[C@@]12Oc3ccc(OC(=O)Nc4ccc(OC)cc4OC)cc3[C@H]3[C@H](CCCCO)[C@@H](CCCCO)C=C(C(=NOC4CCCCO4)C[C@@H]1N(CCOCCO)C(=O)CCCCCCCCCCC)[C@H]32. The van der Waals surface area contributed by atoms with Gasteiger partial charge in [0.05, 0.1) is 64.6 Å². The first-order valence-corrected chi connectivity index (χ1v) is 27.3. The average molecular weight is 1020 g/mol. The summed E-state index contributed by atoms with van der Waals surface area (Å²) in [7, 11) is 3.06. The maximum atomic E-state index is 15.1. The summed E-state index contributed by atoms with van der Waals surface area (Å²) in [6.07, 6.45) is 20.2. The van der Waals surface area contributed by atoms with Gasteiger partial charge in [0.1, 0.15) is 29.0 Å². The maximum Gasteiger partial charge on any atom is 0.417 e. The van der Waals surface area contributed by atoms with Crippen LogP contribution in [0.3, 0.4) is 0 Å². The lowest BCUT2D eigenvalue weighted by Gasteiger charge is -2.60. The fourth-order valence-corrected chi connectivity index (χ4v) is 11.3. The minimum Gasteiger partial charge on any atom is -0.497 e.